The number of nitrogens with one attached hydrogen (secondary N) is 1. The number of rotatable bonds is 8. The number of benzene rings is 1. The maximum absolute atomic E-state index is 12.2. The second-order valence-electron chi connectivity index (χ2n) is 4.20. The first-order chi connectivity index (χ1) is 8.99. The molecule has 0 spiro atoms. The minimum atomic E-state index is -2.86. The molecule has 0 aliphatic heterocycles. The van der Waals surface area contributed by atoms with Gasteiger partial charge in [0.15, 0.2) is 0 Å². The predicted molar refractivity (Wildman–Crippen MR) is 66.2 cm³/mol. The monoisotopic (exact) mass is 273 g/mol. The van der Waals surface area contributed by atoms with Crippen molar-refractivity contribution in [1.82, 2.24) is 5.32 Å². The largest absolute Gasteiger partial charge is 0.481 e. The second kappa shape index (κ2) is 7.68. The molecule has 0 bridgehead atoms. The third-order valence-corrected chi connectivity index (χ3v) is 2.62. The molecule has 0 heterocycles. The van der Waals surface area contributed by atoms with Gasteiger partial charge in [-0.25, -0.2) is 0 Å². The van der Waals surface area contributed by atoms with E-state index in [4.69, 9.17) is 5.11 Å². The second-order valence-corrected chi connectivity index (χ2v) is 4.20. The van der Waals surface area contributed by atoms with Crippen LogP contribution >= 0.6 is 0 Å². The van der Waals surface area contributed by atoms with E-state index in [1.807, 2.05) is 6.92 Å². The molecule has 0 radical (unpaired) electrons. The zero-order chi connectivity index (χ0) is 14.3. The van der Waals surface area contributed by atoms with E-state index in [1.54, 1.807) is 18.2 Å². The summed E-state index contributed by atoms with van der Waals surface area (Å²) in [6, 6.07) is 6.50. The van der Waals surface area contributed by atoms with Crippen LogP contribution in [0.15, 0.2) is 24.3 Å². The van der Waals surface area contributed by atoms with E-state index in [0.29, 0.717) is 18.5 Å². The number of aliphatic carboxylic acids is 1. The average molecular weight is 273 g/mol. The van der Waals surface area contributed by atoms with Crippen LogP contribution in [0.25, 0.3) is 0 Å². The first-order valence-corrected chi connectivity index (χ1v) is 5.97. The van der Waals surface area contributed by atoms with Gasteiger partial charge >= 0.3 is 12.6 Å². The van der Waals surface area contributed by atoms with Crippen molar-refractivity contribution in [1.29, 1.82) is 0 Å². The number of halogens is 2. The van der Waals surface area contributed by atoms with Gasteiger partial charge in [0.25, 0.3) is 0 Å². The third-order valence-electron chi connectivity index (χ3n) is 2.62. The van der Waals surface area contributed by atoms with Gasteiger partial charge in [0.05, 0.1) is 0 Å². The van der Waals surface area contributed by atoms with Gasteiger partial charge in [0, 0.05) is 24.6 Å². The summed E-state index contributed by atoms with van der Waals surface area (Å²) in [6.07, 6.45) is 0.552. The Morgan fingerprint density at radius 3 is 2.74 bits per heavy atom. The summed E-state index contributed by atoms with van der Waals surface area (Å²) in [5.41, 5.74) is 0.616. The van der Waals surface area contributed by atoms with E-state index >= 15 is 0 Å². The van der Waals surface area contributed by atoms with Gasteiger partial charge in [-0.15, -0.1) is 0 Å². The summed E-state index contributed by atoms with van der Waals surface area (Å²) in [5.74, 6) is -0.717. The lowest BCUT2D eigenvalue weighted by Crippen LogP contribution is -2.26. The van der Waals surface area contributed by atoms with Crippen molar-refractivity contribution in [2.45, 2.75) is 39.0 Å². The molecule has 4 nitrogen and oxygen atoms in total. The molecule has 1 rings (SSSR count). The fourth-order valence-corrected chi connectivity index (χ4v) is 1.59. The topological polar surface area (TPSA) is 58.6 Å². The van der Waals surface area contributed by atoms with Crippen LogP contribution in [0.5, 0.6) is 5.75 Å². The Morgan fingerprint density at radius 1 is 1.42 bits per heavy atom. The highest BCUT2D eigenvalue weighted by molar-refractivity contribution is 5.66. The molecule has 1 aromatic carbocycles. The maximum atomic E-state index is 12.2. The van der Waals surface area contributed by atoms with Gasteiger partial charge in [-0.1, -0.05) is 18.2 Å². The number of hydrogen-bond acceptors (Lipinski definition) is 3. The number of carboxylic acid groups (broad SMARTS) is 1. The van der Waals surface area contributed by atoms with Gasteiger partial charge < -0.3 is 15.2 Å². The van der Waals surface area contributed by atoms with Crippen LogP contribution in [0.2, 0.25) is 0 Å². The Labute approximate surface area is 110 Å². The number of carbonyl (C=O) groups is 1. The Bertz CT molecular complexity index is 413. The van der Waals surface area contributed by atoms with Crippen molar-refractivity contribution in [2.75, 3.05) is 0 Å². The molecule has 0 aromatic heterocycles. The Morgan fingerprint density at radius 2 is 2.11 bits per heavy atom. The van der Waals surface area contributed by atoms with Crippen LogP contribution in [0.4, 0.5) is 8.78 Å². The molecule has 1 aromatic rings. The zero-order valence-electron chi connectivity index (χ0n) is 10.6. The zero-order valence-corrected chi connectivity index (χ0v) is 10.6. The molecule has 1 atom stereocenters. The highest BCUT2D eigenvalue weighted by atomic mass is 19.3. The molecule has 6 heteroatoms. The molecule has 19 heavy (non-hydrogen) atoms. The van der Waals surface area contributed by atoms with Crippen molar-refractivity contribution in [2.24, 2.45) is 0 Å². The summed E-state index contributed by atoms with van der Waals surface area (Å²) in [5, 5.41) is 11.6. The predicted octanol–water partition coefficient (Wildman–Crippen LogP) is 2.63. The number of carboxylic acids is 1. The van der Waals surface area contributed by atoms with E-state index in [1.165, 1.54) is 6.07 Å². The summed E-state index contributed by atoms with van der Waals surface area (Å²) in [6.45, 7) is -0.658. The Balaban J connectivity index is 2.50. The summed E-state index contributed by atoms with van der Waals surface area (Å²) < 4.78 is 28.8. The molecule has 106 valence electrons. The minimum Gasteiger partial charge on any atom is -0.481 e. The number of para-hydroxylation sites is 1. The number of ether oxygens (including phenoxy) is 1. The Kier molecular flexibility index (Phi) is 6.21. The normalized spacial score (nSPS) is 12.4. The van der Waals surface area contributed by atoms with Gasteiger partial charge in [0.2, 0.25) is 0 Å². The van der Waals surface area contributed by atoms with Crippen molar-refractivity contribution in [3.05, 3.63) is 29.8 Å². The van der Waals surface area contributed by atoms with Crippen molar-refractivity contribution >= 4 is 5.97 Å². The highest BCUT2D eigenvalue weighted by Gasteiger charge is 2.10. The maximum Gasteiger partial charge on any atom is 0.387 e. The van der Waals surface area contributed by atoms with Crippen LogP contribution in [-0.2, 0) is 11.3 Å². The standard InChI is InChI=1S/C13H17F2NO3/c1-9(6-7-12(17)18)16-8-10-4-2-3-5-11(10)19-13(14)15/h2-5,9,13,16H,6-8H2,1H3,(H,17,18). The van der Waals surface area contributed by atoms with Crippen molar-refractivity contribution in [3.63, 3.8) is 0 Å². The van der Waals surface area contributed by atoms with Crippen molar-refractivity contribution in [3.8, 4) is 5.75 Å². The number of alkyl halides is 2. The molecule has 1 unspecified atom stereocenters. The van der Waals surface area contributed by atoms with E-state index < -0.39 is 12.6 Å². The van der Waals surface area contributed by atoms with Crippen molar-refractivity contribution < 1.29 is 23.4 Å². The van der Waals surface area contributed by atoms with E-state index in [9.17, 15) is 13.6 Å². The molecule has 0 fully saturated rings. The Hall–Kier alpha value is -1.69. The lowest BCUT2D eigenvalue weighted by atomic mass is 10.1. The fourth-order valence-electron chi connectivity index (χ4n) is 1.59. The SMILES string of the molecule is CC(CCC(=O)O)NCc1ccccc1OC(F)F. The lowest BCUT2D eigenvalue weighted by molar-refractivity contribution is -0.137. The summed E-state index contributed by atoms with van der Waals surface area (Å²) in [7, 11) is 0. The van der Waals surface area contributed by atoms with E-state index in [-0.39, 0.29) is 18.2 Å². The van der Waals surface area contributed by atoms with Crippen LogP contribution in [0.3, 0.4) is 0 Å². The van der Waals surface area contributed by atoms with Crippen LogP contribution < -0.4 is 10.1 Å². The van der Waals surface area contributed by atoms with Gasteiger partial charge in [-0.2, -0.15) is 8.78 Å². The molecule has 0 amide bonds. The summed E-state index contributed by atoms with van der Waals surface area (Å²) in [4.78, 5) is 10.4. The van der Waals surface area contributed by atoms with Crippen LogP contribution in [-0.4, -0.2) is 23.7 Å². The molecular weight excluding hydrogens is 256 g/mol. The van der Waals surface area contributed by atoms with E-state index in [2.05, 4.69) is 10.1 Å². The highest BCUT2D eigenvalue weighted by Crippen LogP contribution is 2.20. The number of hydrogen-bond donors (Lipinski definition) is 2. The average Bonchev–Trinajstić information content (AvgIpc) is 2.34. The van der Waals surface area contributed by atoms with E-state index in [0.717, 1.165) is 0 Å². The molecule has 0 aliphatic carbocycles. The minimum absolute atomic E-state index is 0.0179. The molecule has 0 saturated heterocycles. The smallest absolute Gasteiger partial charge is 0.387 e. The van der Waals surface area contributed by atoms with Crippen LogP contribution in [0, 0.1) is 0 Å². The quantitative estimate of drug-likeness (QED) is 0.764. The molecular formula is C13H17F2NO3. The summed E-state index contributed by atoms with van der Waals surface area (Å²) >= 11 is 0. The van der Waals surface area contributed by atoms with Gasteiger partial charge in [-0.3, -0.25) is 4.79 Å². The lowest BCUT2D eigenvalue weighted by Gasteiger charge is -2.15. The van der Waals surface area contributed by atoms with Gasteiger partial charge in [0.1, 0.15) is 5.75 Å². The first-order valence-electron chi connectivity index (χ1n) is 5.97. The van der Waals surface area contributed by atoms with Crippen LogP contribution in [0.1, 0.15) is 25.3 Å². The fraction of sp³-hybridized carbons (Fsp3) is 0.462. The van der Waals surface area contributed by atoms with Gasteiger partial charge in [-0.05, 0) is 19.4 Å². The molecule has 2 N–H and O–H groups in total. The third kappa shape index (κ3) is 6.15. The molecule has 0 aliphatic rings. The molecule has 0 saturated carbocycles. The first kappa shape index (κ1) is 15.4.